The molecule has 0 atom stereocenters. The number of hydrogen-bond acceptors (Lipinski definition) is 6. The summed E-state index contributed by atoms with van der Waals surface area (Å²) >= 11 is 6.71. The highest BCUT2D eigenvalue weighted by Crippen LogP contribution is 2.37. The molecule has 184 valence electrons. The van der Waals surface area contributed by atoms with E-state index in [2.05, 4.69) is 5.32 Å². The van der Waals surface area contributed by atoms with Crippen LogP contribution in [0.1, 0.15) is 23.6 Å². The zero-order valence-corrected chi connectivity index (χ0v) is 21.9. The molecule has 1 aliphatic heterocycles. The van der Waals surface area contributed by atoms with Crippen molar-refractivity contribution in [3.05, 3.63) is 88.3 Å². The van der Waals surface area contributed by atoms with Gasteiger partial charge in [-0.15, -0.1) is 0 Å². The summed E-state index contributed by atoms with van der Waals surface area (Å²) < 4.78 is 11.7. The molecule has 0 radical (unpaired) electrons. The maximum atomic E-state index is 13.2. The van der Waals surface area contributed by atoms with Gasteiger partial charge >= 0.3 is 0 Å². The Morgan fingerprint density at radius 2 is 1.72 bits per heavy atom. The molecule has 0 saturated carbocycles. The van der Waals surface area contributed by atoms with Crippen LogP contribution in [0, 0.1) is 13.8 Å². The van der Waals surface area contributed by atoms with Crippen LogP contribution in [0.2, 0.25) is 0 Å². The van der Waals surface area contributed by atoms with Gasteiger partial charge in [-0.2, -0.15) is 0 Å². The Balaban J connectivity index is 1.46. The van der Waals surface area contributed by atoms with Gasteiger partial charge < -0.3 is 14.8 Å². The van der Waals surface area contributed by atoms with E-state index in [4.69, 9.17) is 21.7 Å². The van der Waals surface area contributed by atoms with E-state index in [0.717, 1.165) is 22.6 Å². The minimum atomic E-state index is -0.267. The Morgan fingerprint density at radius 1 is 1.03 bits per heavy atom. The van der Waals surface area contributed by atoms with Crippen molar-refractivity contribution in [2.45, 2.75) is 20.8 Å². The molecule has 8 heteroatoms. The van der Waals surface area contributed by atoms with Crippen LogP contribution in [-0.2, 0) is 9.59 Å². The Bertz CT molecular complexity index is 1320. The van der Waals surface area contributed by atoms with Gasteiger partial charge in [0.15, 0.2) is 10.9 Å². The van der Waals surface area contributed by atoms with E-state index in [1.807, 2.05) is 81.4 Å². The summed E-state index contributed by atoms with van der Waals surface area (Å²) in [5, 5.41) is 2.86. The third kappa shape index (κ3) is 6.13. The van der Waals surface area contributed by atoms with Gasteiger partial charge in [-0.05, 0) is 80.4 Å². The van der Waals surface area contributed by atoms with E-state index < -0.39 is 0 Å². The first-order chi connectivity index (χ1) is 17.3. The van der Waals surface area contributed by atoms with Gasteiger partial charge in [-0.3, -0.25) is 14.5 Å². The van der Waals surface area contributed by atoms with Crippen LogP contribution in [0.25, 0.3) is 6.08 Å². The first kappa shape index (κ1) is 25.5. The van der Waals surface area contributed by atoms with Crippen LogP contribution >= 0.6 is 24.0 Å². The number of anilines is 2. The van der Waals surface area contributed by atoms with Crippen LogP contribution in [0.4, 0.5) is 11.4 Å². The first-order valence-corrected chi connectivity index (χ1v) is 12.7. The van der Waals surface area contributed by atoms with Crippen molar-refractivity contribution < 1.29 is 19.1 Å². The number of amides is 2. The summed E-state index contributed by atoms with van der Waals surface area (Å²) in [6.07, 6.45) is 1.74. The molecule has 3 aromatic carbocycles. The van der Waals surface area contributed by atoms with Gasteiger partial charge in [0, 0.05) is 11.3 Å². The molecule has 1 heterocycles. The van der Waals surface area contributed by atoms with Gasteiger partial charge in [0.2, 0.25) is 0 Å². The minimum Gasteiger partial charge on any atom is -0.494 e. The van der Waals surface area contributed by atoms with Crippen molar-refractivity contribution >= 4 is 57.6 Å². The smallest absolute Gasteiger partial charge is 0.270 e. The van der Waals surface area contributed by atoms with Crippen molar-refractivity contribution in [2.24, 2.45) is 0 Å². The Labute approximate surface area is 220 Å². The highest BCUT2D eigenvalue weighted by molar-refractivity contribution is 8.27. The average Bonchev–Trinajstić information content (AvgIpc) is 3.11. The molecule has 2 amide bonds. The van der Waals surface area contributed by atoms with Gasteiger partial charge in [0.05, 0.1) is 17.2 Å². The third-order valence-electron chi connectivity index (χ3n) is 5.27. The summed E-state index contributed by atoms with van der Waals surface area (Å²) in [5.41, 5.74) is 4.23. The zero-order chi connectivity index (χ0) is 25.7. The van der Waals surface area contributed by atoms with Crippen molar-refractivity contribution in [3.8, 4) is 11.5 Å². The molecule has 3 aromatic rings. The number of ether oxygens (including phenoxy) is 2. The lowest BCUT2D eigenvalue weighted by Gasteiger charge is -2.15. The third-order valence-corrected chi connectivity index (χ3v) is 6.57. The molecule has 1 N–H and O–H groups in total. The fraction of sp³-hybridized carbons (Fsp3) is 0.179. The van der Waals surface area contributed by atoms with E-state index in [1.54, 1.807) is 12.1 Å². The molecule has 1 aliphatic rings. The van der Waals surface area contributed by atoms with Crippen molar-refractivity contribution in [2.75, 3.05) is 23.4 Å². The number of rotatable bonds is 8. The van der Waals surface area contributed by atoms with E-state index in [9.17, 15) is 9.59 Å². The molecule has 36 heavy (non-hydrogen) atoms. The highest BCUT2D eigenvalue weighted by Gasteiger charge is 2.33. The number of thioether (sulfide) groups is 1. The molecule has 1 saturated heterocycles. The molecule has 0 unspecified atom stereocenters. The standard InChI is InChI=1S/C28H26N2O4S2/c1-4-33-23-11-9-22(10-12-23)30-27(32)25(36-28(30)35)16-20-7-5-6-8-24(20)34-17-26(31)29-21-14-18(2)13-19(3)15-21/h5-16H,4,17H2,1-3H3,(H,29,31)/b25-16-. The normalized spacial score (nSPS) is 14.3. The predicted molar refractivity (Wildman–Crippen MR) is 150 cm³/mol. The quantitative estimate of drug-likeness (QED) is 0.286. The summed E-state index contributed by atoms with van der Waals surface area (Å²) in [6, 6.07) is 20.4. The molecule has 0 aliphatic carbocycles. The van der Waals surface area contributed by atoms with Gasteiger partial charge in [-0.25, -0.2) is 0 Å². The number of carbonyl (C=O) groups is 2. The van der Waals surface area contributed by atoms with Crippen LogP contribution in [-0.4, -0.2) is 29.3 Å². The topological polar surface area (TPSA) is 67.9 Å². The second-order valence-corrected chi connectivity index (χ2v) is 9.87. The fourth-order valence-electron chi connectivity index (χ4n) is 3.81. The van der Waals surface area contributed by atoms with Crippen molar-refractivity contribution in [1.82, 2.24) is 0 Å². The number of benzene rings is 3. The summed E-state index contributed by atoms with van der Waals surface area (Å²) in [4.78, 5) is 27.6. The second-order valence-electron chi connectivity index (χ2n) is 8.20. The Hall–Kier alpha value is -3.62. The monoisotopic (exact) mass is 518 g/mol. The Kier molecular flexibility index (Phi) is 8.07. The van der Waals surface area contributed by atoms with E-state index in [0.29, 0.717) is 32.8 Å². The number of thiocarbonyl (C=S) groups is 1. The average molecular weight is 519 g/mol. The molecular formula is C28H26N2O4S2. The van der Waals surface area contributed by atoms with Crippen LogP contribution in [0.5, 0.6) is 11.5 Å². The number of para-hydroxylation sites is 1. The lowest BCUT2D eigenvalue weighted by Crippen LogP contribution is -2.27. The number of aryl methyl sites for hydroxylation is 2. The van der Waals surface area contributed by atoms with Gasteiger partial charge in [0.25, 0.3) is 11.8 Å². The van der Waals surface area contributed by atoms with E-state index in [-0.39, 0.29) is 18.4 Å². The molecule has 4 rings (SSSR count). The van der Waals surface area contributed by atoms with Crippen LogP contribution in [0.3, 0.4) is 0 Å². The van der Waals surface area contributed by atoms with Crippen LogP contribution < -0.4 is 19.7 Å². The summed E-state index contributed by atoms with van der Waals surface area (Å²) in [7, 11) is 0. The first-order valence-electron chi connectivity index (χ1n) is 11.4. The predicted octanol–water partition coefficient (Wildman–Crippen LogP) is 6.13. The lowest BCUT2D eigenvalue weighted by molar-refractivity contribution is -0.118. The Morgan fingerprint density at radius 3 is 2.42 bits per heavy atom. The SMILES string of the molecule is CCOc1ccc(N2C(=O)/C(=C/c3ccccc3OCC(=O)Nc3cc(C)cc(C)c3)SC2=S)cc1. The number of nitrogens with zero attached hydrogens (tertiary/aromatic N) is 1. The summed E-state index contributed by atoms with van der Waals surface area (Å²) in [6.45, 7) is 6.28. The maximum Gasteiger partial charge on any atom is 0.270 e. The molecule has 0 aromatic heterocycles. The summed E-state index contributed by atoms with van der Waals surface area (Å²) in [5.74, 6) is 0.752. The number of carbonyl (C=O) groups excluding carboxylic acids is 2. The second kappa shape index (κ2) is 11.4. The molecular weight excluding hydrogens is 492 g/mol. The number of hydrogen-bond donors (Lipinski definition) is 1. The zero-order valence-electron chi connectivity index (χ0n) is 20.2. The maximum absolute atomic E-state index is 13.2. The largest absolute Gasteiger partial charge is 0.494 e. The highest BCUT2D eigenvalue weighted by atomic mass is 32.2. The minimum absolute atomic E-state index is 0.162. The van der Waals surface area contributed by atoms with Crippen molar-refractivity contribution in [1.29, 1.82) is 0 Å². The van der Waals surface area contributed by atoms with Gasteiger partial charge in [-0.1, -0.05) is 48.2 Å². The van der Waals surface area contributed by atoms with E-state index in [1.165, 1.54) is 16.7 Å². The molecule has 1 fully saturated rings. The molecule has 0 spiro atoms. The van der Waals surface area contributed by atoms with Gasteiger partial charge in [0.1, 0.15) is 11.5 Å². The lowest BCUT2D eigenvalue weighted by atomic mass is 10.1. The fourth-order valence-corrected chi connectivity index (χ4v) is 5.10. The van der Waals surface area contributed by atoms with Crippen LogP contribution in [0.15, 0.2) is 71.6 Å². The molecule has 0 bridgehead atoms. The van der Waals surface area contributed by atoms with Crippen molar-refractivity contribution in [3.63, 3.8) is 0 Å². The molecule has 6 nitrogen and oxygen atoms in total. The number of nitrogens with one attached hydrogen (secondary N) is 1. The van der Waals surface area contributed by atoms with E-state index >= 15 is 0 Å².